The van der Waals surface area contributed by atoms with Gasteiger partial charge in [-0.25, -0.2) is 14.5 Å². The number of rotatable bonds is 7. The number of hydrogen-bond acceptors (Lipinski definition) is 6. The zero-order chi connectivity index (χ0) is 27.6. The molecule has 2 aliphatic rings. The topological polar surface area (TPSA) is 72.3 Å². The van der Waals surface area contributed by atoms with Gasteiger partial charge in [0.25, 0.3) is 0 Å². The third-order valence-electron chi connectivity index (χ3n) is 8.36. The van der Waals surface area contributed by atoms with E-state index in [1.165, 1.54) is 40.8 Å². The van der Waals surface area contributed by atoms with E-state index >= 15 is 0 Å². The van der Waals surface area contributed by atoms with Crippen molar-refractivity contribution >= 4 is 11.7 Å². The summed E-state index contributed by atoms with van der Waals surface area (Å²) in [7, 11) is 0. The molecule has 0 aliphatic carbocycles. The number of nitrogens with one attached hydrogen (secondary N) is 1. The molecule has 0 atom stereocenters. The highest BCUT2D eigenvalue weighted by atomic mass is 16.5. The number of aryl methyl sites for hydroxylation is 1. The molecule has 2 aromatic heterocycles. The lowest BCUT2D eigenvalue weighted by Crippen LogP contribution is -2.26. The predicted octanol–water partition coefficient (Wildman–Crippen LogP) is 5.76. The van der Waals surface area contributed by atoms with Gasteiger partial charge in [-0.1, -0.05) is 42.5 Å². The molecule has 7 heteroatoms. The molecule has 206 valence electrons. The molecule has 0 saturated carbocycles. The van der Waals surface area contributed by atoms with Crippen LogP contribution in [0.4, 0.5) is 5.69 Å². The van der Waals surface area contributed by atoms with Crippen molar-refractivity contribution in [1.29, 1.82) is 0 Å². The first kappa shape index (κ1) is 26.3. The van der Waals surface area contributed by atoms with Gasteiger partial charge >= 0.3 is 5.97 Å². The van der Waals surface area contributed by atoms with Crippen molar-refractivity contribution < 1.29 is 9.53 Å². The van der Waals surface area contributed by atoms with E-state index < -0.39 is 0 Å². The number of carbonyl (C=O) groups is 1. The number of ether oxygens (including phenoxy) is 1. The summed E-state index contributed by atoms with van der Waals surface area (Å²) in [6.07, 6.45) is 5.02. The molecular formula is C33H37N5O2. The van der Waals surface area contributed by atoms with Gasteiger partial charge < -0.3 is 15.0 Å². The quantitative estimate of drug-likeness (QED) is 0.304. The van der Waals surface area contributed by atoms with Crippen molar-refractivity contribution in [3.05, 3.63) is 94.3 Å². The van der Waals surface area contributed by atoms with E-state index in [-0.39, 0.29) is 5.97 Å². The van der Waals surface area contributed by atoms with E-state index in [1.807, 2.05) is 19.1 Å². The third kappa shape index (κ3) is 5.02. The van der Waals surface area contributed by atoms with Crippen LogP contribution in [0.15, 0.2) is 60.8 Å². The van der Waals surface area contributed by atoms with Gasteiger partial charge in [-0.05, 0) is 93.4 Å². The van der Waals surface area contributed by atoms with Gasteiger partial charge in [-0.3, -0.25) is 0 Å². The van der Waals surface area contributed by atoms with E-state index in [0.717, 1.165) is 43.9 Å². The standard InChI is InChI=1S/C33H37N5O2/c1-4-40-33(39)29-20-35-38(23(29)3)31-10-6-9-30(36-31)28-8-5-7-25-15-18-37(32(25)28)21-27-12-11-26(19-22(27)2)24-13-16-34-17-14-24/h5-12,19-20,24,34H,4,13-18,21H2,1-3H3. The number of piperidine rings is 1. The molecule has 2 aliphatic heterocycles. The van der Waals surface area contributed by atoms with Gasteiger partial charge in [0, 0.05) is 24.3 Å². The molecule has 1 fully saturated rings. The minimum atomic E-state index is -0.363. The Balaban J connectivity index is 1.29. The van der Waals surface area contributed by atoms with Crippen molar-refractivity contribution in [3.63, 3.8) is 0 Å². The number of nitrogens with zero attached hydrogens (tertiary/aromatic N) is 4. The Morgan fingerprint density at radius 1 is 1.07 bits per heavy atom. The fourth-order valence-corrected chi connectivity index (χ4v) is 6.15. The average molecular weight is 536 g/mol. The molecule has 1 saturated heterocycles. The van der Waals surface area contributed by atoms with E-state index in [2.05, 4.69) is 64.7 Å². The van der Waals surface area contributed by atoms with Crippen molar-refractivity contribution in [3.8, 4) is 17.1 Å². The maximum atomic E-state index is 12.3. The monoisotopic (exact) mass is 535 g/mol. The molecule has 7 nitrogen and oxygen atoms in total. The SMILES string of the molecule is CCOC(=O)c1cnn(-c2cccc(-c3cccc4c3N(Cc3ccc(C5CCNCC5)cc3C)CC4)n2)c1C. The fourth-order valence-electron chi connectivity index (χ4n) is 6.15. The number of hydrogen-bond donors (Lipinski definition) is 1. The van der Waals surface area contributed by atoms with Crippen molar-refractivity contribution in [2.24, 2.45) is 0 Å². The number of carbonyl (C=O) groups excluding carboxylic acids is 1. The van der Waals surface area contributed by atoms with Crippen LogP contribution in [0.3, 0.4) is 0 Å². The summed E-state index contributed by atoms with van der Waals surface area (Å²) in [5.74, 6) is 0.980. The number of esters is 1. The highest BCUT2D eigenvalue weighted by Crippen LogP contribution is 2.39. The highest BCUT2D eigenvalue weighted by Gasteiger charge is 2.25. The summed E-state index contributed by atoms with van der Waals surface area (Å²) in [4.78, 5) is 19.8. The summed E-state index contributed by atoms with van der Waals surface area (Å²) >= 11 is 0. The summed E-state index contributed by atoms with van der Waals surface area (Å²) in [6.45, 7) is 10.3. The van der Waals surface area contributed by atoms with E-state index in [4.69, 9.17) is 9.72 Å². The number of para-hydroxylation sites is 1. The lowest BCUT2D eigenvalue weighted by atomic mass is 9.88. The van der Waals surface area contributed by atoms with Crippen molar-refractivity contribution in [1.82, 2.24) is 20.1 Å². The molecule has 0 spiro atoms. The second kappa shape index (κ2) is 11.3. The molecule has 2 aromatic carbocycles. The first-order chi connectivity index (χ1) is 19.5. The minimum absolute atomic E-state index is 0.328. The molecule has 6 rings (SSSR count). The van der Waals surface area contributed by atoms with Gasteiger partial charge in [0.2, 0.25) is 0 Å². The van der Waals surface area contributed by atoms with Crippen molar-refractivity contribution in [2.75, 3.05) is 31.1 Å². The van der Waals surface area contributed by atoms with Crippen LogP contribution in [0.1, 0.15) is 64.0 Å². The van der Waals surface area contributed by atoms with Crippen molar-refractivity contribution in [2.45, 2.75) is 52.5 Å². The summed E-state index contributed by atoms with van der Waals surface area (Å²) in [5, 5.41) is 7.93. The zero-order valence-corrected chi connectivity index (χ0v) is 23.6. The van der Waals surface area contributed by atoms with Crippen LogP contribution in [0.25, 0.3) is 17.1 Å². The van der Waals surface area contributed by atoms with Crippen LogP contribution in [0, 0.1) is 13.8 Å². The second-order valence-electron chi connectivity index (χ2n) is 10.9. The molecule has 0 unspecified atom stereocenters. The van der Waals surface area contributed by atoms with Crippen LogP contribution in [0.5, 0.6) is 0 Å². The van der Waals surface area contributed by atoms with Crippen LogP contribution in [0.2, 0.25) is 0 Å². The average Bonchev–Trinajstić information content (AvgIpc) is 3.58. The molecule has 0 amide bonds. The van der Waals surface area contributed by atoms with E-state index in [1.54, 1.807) is 17.8 Å². The molecule has 4 heterocycles. The Bertz CT molecular complexity index is 1540. The van der Waals surface area contributed by atoms with Crippen LogP contribution in [-0.2, 0) is 17.7 Å². The largest absolute Gasteiger partial charge is 0.462 e. The second-order valence-corrected chi connectivity index (χ2v) is 10.9. The van der Waals surface area contributed by atoms with Crippen LogP contribution >= 0.6 is 0 Å². The summed E-state index contributed by atoms with van der Waals surface area (Å²) in [5.41, 5.74) is 10.0. The highest BCUT2D eigenvalue weighted by molar-refractivity contribution is 5.90. The summed E-state index contributed by atoms with van der Waals surface area (Å²) < 4.78 is 6.90. The number of anilines is 1. The van der Waals surface area contributed by atoms with Gasteiger partial charge in [0.1, 0.15) is 5.56 Å². The Morgan fingerprint density at radius 2 is 1.90 bits per heavy atom. The predicted molar refractivity (Wildman–Crippen MR) is 158 cm³/mol. The van der Waals surface area contributed by atoms with E-state index in [0.29, 0.717) is 29.6 Å². The van der Waals surface area contributed by atoms with Crippen LogP contribution in [-0.4, -0.2) is 47.0 Å². The molecule has 4 aromatic rings. The lowest BCUT2D eigenvalue weighted by molar-refractivity contribution is 0.0525. The fraction of sp³-hybridized carbons (Fsp3) is 0.364. The number of benzene rings is 2. The smallest absolute Gasteiger partial charge is 0.341 e. The lowest BCUT2D eigenvalue weighted by Gasteiger charge is -2.26. The number of fused-ring (bicyclic) bond motifs is 1. The Hall–Kier alpha value is -3.97. The molecular weight excluding hydrogens is 498 g/mol. The van der Waals surface area contributed by atoms with E-state index in [9.17, 15) is 4.79 Å². The zero-order valence-electron chi connectivity index (χ0n) is 23.6. The Labute approximate surface area is 236 Å². The third-order valence-corrected chi connectivity index (χ3v) is 8.36. The van der Waals surface area contributed by atoms with Gasteiger partial charge in [-0.15, -0.1) is 0 Å². The minimum Gasteiger partial charge on any atom is -0.462 e. The number of aromatic nitrogens is 3. The Kier molecular flexibility index (Phi) is 7.39. The molecule has 0 bridgehead atoms. The summed E-state index contributed by atoms with van der Waals surface area (Å²) in [6, 6.07) is 19.6. The molecule has 40 heavy (non-hydrogen) atoms. The maximum absolute atomic E-state index is 12.3. The normalized spacial score (nSPS) is 15.3. The van der Waals surface area contributed by atoms with Gasteiger partial charge in [0.15, 0.2) is 5.82 Å². The number of pyridine rings is 1. The maximum Gasteiger partial charge on any atom is 0.341 e. The molecule has 0 radical (unpaired) electrons. The van der Waals surface area contributed by atoms with Gasteiger partial charge in [-0.2, -0.15) is 5.10 Å². The van der Waals surface area contributed by atoms with Crippen LogP contribution < -0.4 is 10.2 Å². The molecule has 1 N–H and O–H groups in total. The Morgan fingerprint density at radius 3 is 2.70 bits per heavy atom. The first-order valence-electron chi connectivity index (χ1n) is 14.4. The first-order valence-corrected chi connectivity index (χ1v) is 14.4. The van der Waals surface area contributed by atoms with Gasteiger partial charge in [0.05, 0.1) is 24.2 Å².